The molecule has 6 N–H and O–H groups in total. The number of nitrogens with zero attached hydrogens (tertiary/aromatic N) is 3. The Hall–Kier alpha value is -3.83. The van der Waals surface area contributed by atoms with Crippen LogP contribution in [0.4, 0.5) is 20.5 Å². The number of nitrogens with one attached hydrogen (secondary N) is 3. The first-order valence-corrected chi connectivity index (χ1v) is 10.6. The third-order valence-electron chi connectivity index (χ3n) is 5.28. The Morgan fingerprint density at radius 2 is 1.91 bits per heavy atom. The van der Waals surface area contributed by atoms with E-state index in [1.807, 2.05) is 24.3 Å². The van der Waals surface area contributed by atoms with Gasteiger partial charge in [0.2, 0.25) is 5.95 Å². The highest BCUT2D eigenvalue weighted by Crippen LogP contribution is 2.21. The van der Waals surface area contributed by atoms with Gasteiger partial charge in [-0.3, -0.25) is 0 Å². The quantitative estimate of drug-likeness (QED) is 0.239. The normalized spacial score (nSPS) is 13.1. The lowest BCUT2D eigenvalue weighted by atomic mass is 10.0. The van der Waals surface area contributed by atoms with Gasteiger partial charge in [-0.15, -0.1) is 0 Å². The molecule has 0 aliphatic rings. The molecular weight excluding hydrogens is 444 g/mol. The molecule has 4 rings (SSSR count). The van der Waals surface area contributed by atoms with Gasteiger partial charge in [0.15, 0.2) is 11.5 Å². The van der Waals surface area contributed by atoms with Crippen molar-refractivity contribution in [2.45, 2.75) is 25.1 Å². The number of aromatic nitrogens is 4. The van der Waals surface area contributed by atoms with Crippen molar-refractivity contribution in [1.29, 1.82) is 0 Å². The second kappa shape index (κ2) is 10.4. The van der Waals surface area contributed by atoms with Crippen molar-refractivity contribution in [2.24, 2.45) is 0 Å². The summed E-state index contributed by atoms with van der Waals surface area (Å²) in [6.45, 7) is 0.681. The van der Waals surface area contributed by atoms with Crippen LogP contribution in [-0.4, -0.2) is 50.8 Å². The number of halogens is 2. The Balaban J connectivity index is 1.52. The van der Waals surface area contributed by atoms with Gasteiger partial charge >= 0.3 is 0 Å². The Kier molecular flexibility index (Phi) is 7.14. The smallest absolute Gasteiger partial charge is 0.224 e. The molecule has 2 aromatic carbocycles. The fraction of sp³-hybridized carbons (Fsp3) is 0.261. The Bertz CT molecular complexity index is 1250. The molecule has 0 bridgehead atoms. The predicted octanol–water partition coefficient (Wildman–Crippen LogP) is 2.40. The summed E-state index contributed by atoms with van der Waals surface area (Å²) in [5, 5.41) is 17.3. The van der Waals surface area contributed by atoms with Crippen molar-refractivity contribution >= 4 is 22.9 Å². The number of ether oxygens (including phenoxy) is 1. The fourth-order valence-electron chi connectivity index (χ4n) is 3.69. The van der Waals surface area contributed by atoms with Gasteiger partial charge in [-0.05, 0) is 41.8 Å². The summed E-state index contributed by atoms with van der Waals surface area (Å²) in [7, 11) is 1.60. The molecule has 0 radical (unpaired) electrons. The third-order valence-corrected chi connectivity index (χ3v) is 5.28. The molecule has 0 fully saturated rings. The number of H-pyrrole nitrogens is 1. The zero-order valence-corrected chi connectivity index (χ0v) is 18.4. The lowest BCUT2D eigenvalue weighted by Gasteiger charge is -2.25. The summed E-state index contributed by atoms with van der Waals surface area (Å²) in [6, 6.07) is 10.2. The number of rotatable bonds is 10. The maximum absolute atomic E-state index is 13.8. The van der Waals surface area contributed by atoms with Crippen LogP contribution < -0.4 is 21.1 Å². The highest BCUT2D eigenvalue weighted by atomic mass is 19.1. The van der Waals surface area contributed by atoms with Crippen LogP contribution in [0.5, 0.6) is 5.75 Å². The molecule has 4 aromatic rings. The van der Waals surface area contributed by atoms with Gasteiger partial charge in [0.25, 0.3) is 0 Å². The van der Waals surface area contributed by atoms with E-state index in [1.165, 1.54) is 18.5 Å². The molecular formula is C23H25F2N7O2. The molecule has 2 atom stereocenters. The number of nitrogen functional groups attached to an aromatic ring is 1. The number of imidazole rings is 1. The zero-order chi connectivity index (χ0) is 24.1. The maximum Gasteiger partial charge on any atom is 0.224 e. The van der Waals surface area contributed by atoms with Crippen molar-refractivity contribution in [3.8, 4) is 5.75 Å². The van der Waals surface area contributed by atoms with Crippen LogP contribution in [0.15, 0.2) is 48.8 Å². The van der Waals surface area contributed by atoms with E-state index in [-0.39, 0.29) is 18.9 Å². The van der Waals surface area contributed by atoms with Gasteiger partial charge in [-0.1, -0.05) is 12.1 Å². The van der Waals surface area contributed by atoms with Crippen molar-refractivity contribution < 1.29 is 18.6 Å². The minimum Gasteiger partial charge on any atom is -0.497 e. The molecule has 34 heavy (non-hydrogen) atoms. The minimum atomic E-state index is -0.953. The second-order valence-electron chi connectivity index (χ2n) is 7.81. The SMILES string of the molecule is COc1cccc(CNCC(O)C(Cc2cc(F)cc(F)c2)Nc2nc(N)nc3nc[nH]c23)c1. The zero-order valence-electron chi connectivity index (χ0n) is 18.4. The van der Waals surface area contributed by atoms with Crippen LogP contribution in [0.2, 0.25) is 0 Å². The number of aliphatic hydroxyl groups is 1. The predicted molar refractivity (Wildman–Crippen MR) is 124 cm³/mol. The van der Waals surface area contributed by atoms with Gasteiger partial charge in [0, 0.05) is 19.2 Å². The van der Waals surface area contributed by atoms with Crippen LogP contribution in [-0.2, 0) is 13.0 Å². The molecule has 2 heterocycles. The number of hydrogen-bond acceptors (Lipinski definition) is 8. The number of aliphatic hydroxyl groups excluding tert-OH is 1. The number of fused-ring (bicyclic) bond motifs is 1. The lowest BCUT2D eigenvalue weighted by molar-refractivity contribution is 0.148. The van der Waals surface area contributed by atoms with Gasteiger partial charge in [0.1, 0.15) is 22.9 Å². The summed E-state index contributed by atoms with van der Waals surface area (Å²) in [4.78, 5) is 15.3. The van der Waals surface area contributed by atoms with E-state index in [1.54, 1.807) is 7.11 Å². The largest absolute Gasteiger partial charge is 0.497 e. The maximum atomic E-state index is 13.8. The van der Waals surface area contributed by atoms with Crippen molar-refractivity contribution in [3.05, 3.63) is 71.6 Å². The Morgan fingerprint density at radius 3 is 2.68 bits per heavy atom. The Labute approximate surface area is 194 Å². The standard InChI is InChI=1S/C23H25F2N7O2/c1-34-17-4-2-3-13(7-17)10-27-11-19(33)18(8-14-5-15(24)9-16(25)6-14)30-22-20-21(29-12-28-20)31-23(26)32-22/h2-7,9,12,18-19,27,33H,8,10-11H2,1H3,(H4,26,28,29,30,31,32). The van der Waals surface area contributed by atoms with E-state index in [4.69, 9.17) is 10.5 Å². The minimum absolute atomic E-state index is 0.00305. The van der Waals surface area contributed by atoms with Crippen LogP contribution >= 0.6 is 0 Å². The van der Waals surface area contributed by atoms with E-state index in [0.29, 0.717) is 29.1 Å². The van der Waals surface area contributed by atoms with Crippen LogP contribution in [0.3, 0.4) is 0 Å². The number of anilines is 2. The van der Waals surface area contributed by atoms with Crippen molar-refractivity contribution in [3.63, 3.8) is 0 Å². The molecule has 2 aromatic heterocycles. The van der Waals surface area contributed by atoms with Crippen LogP contribution in [0, 0.1) is 11.6 Å². The summed E-state index contributed by atoms with van der Waals surface area (Å²) < 4.78 is 32.8. The highest BCUT2D eigenvalue weighted by molar-refractivity contribution is 5.83. The molecule has 11 heteroatoms. The number of nitrogens with two attached hydrogens (primary N) is 1. The van der Waals surface area contributed by atoms with Gasteiger partial charge in [-0.25, -0.2) is 13.8 Å². The lowest BCUT2D eigenvalue weighted by Crippen LogP contribution is -2.42. The van der Waals surface area contributed by atoms with Gasteiger partial charge in [0.05, 0.1) is 25.6 Å². The Morgan fingerprint density at radius 1 is 1.12 bits per heavy atom. The molecule has 0 aliphatic carbocycles. The molecule has 178 valence electrons. The summed E-state index contributed by atoms with van der Waals surface area (Å²) >= 11 is 0. The summed E-state index contributed by atoms with van der Waals surface area (Å²) in [6.07, 6.45) is 0.620. The molecule has 0 saturated heterocycles. The highest BCUT2D eigenvalue weighted by Gasteiger charge is 2.23. The van der Waals surface area contributed by atoms with Gasteiger partial charge in [-0.2, -0.15) is 9.97 Å². The summed E-state index contributed by atoms with van der Waals surface area (Å²) in [5.41, 5.74) is 8.01. The van der Waals surface area contributed by atoms with Crippen molar-refractivity contribution in [1.82, 2.24) is 25.3 Å². The fourth-order valence-corrected chi connectivity index (χ4v) is 3.69. The number of aromatic amines is 1. The van der Waals surface area contributed by atoms with Crippen LogP contribution in [0.1, 0.15) is 11.1 Å². The molecule has 2 unspecified atom stereocenters. The first-order chi connectivity index (χ1) is 16.4. The molecule has 9 nitrogen and oxygen atoms in total. The average molecular weight is 469 g/mol. The van der Waals surface area contributed by atoms with E-state index < -0.39 is 23.8 Å². The molecule has 0 aliphatic heterocycles. The van der Waals surface area contributed by atoms with E-state index in [9.17, 15) is 13.9 Å². The van der Waals surface area contributed by atoms with Gasteiger partial charge < -0.3 is 31.2 Å². The third kappa shape index (κ3) is 5.74. The monoisotopic (exact) mass is 469 g/mol. The molecule has 0 saturated carbocycles. The second-order valence-corrected chi connectivity index (χ2v) is 7.81. The van der Waals surface area contributed by atoms with Crippen molar-refractivity contribution in [2.75, 3.05) is 24.7 Å². The van der Waals surface area contributed by atoms with Crippen LogP contribution in [0.25, 0.3) is 11.2 Å². The number of methoxy groups -OCH3 is 1. The molecule has 0 amide bonds. The van der Waals surface area contributed by atoms with E-state index in [2.05, 4.69) is 30.6 Å². The van der Waals surface area contributed by atoms with E-state index in [0.717, 1.165) is 17.4 Å². The first kappa shape index (κ1) is 23.3. The number of benzene rings is 2. The molecule has 0 spiro atoms. The average Bonchev–Trinajstić information content (AvgIpc) is 3.26. The topological polar surface area (TPSA) is 134 Å². The first-order valence-electron chi connectivity index (χ1n) is 10.6. The number of hydrogen-bond donors (Lipinski definition) is 5. The summed E-state index contributed by atoms with van der Waals surface area (Å²) in [5.74, 6) is -0.322. The van der Waals surface area contributed by atoms with E-state index >= 15 is 0 Å².